The highest BCUT2D eigenvalue weighted by Crippen LogP contribution is 2.12. The molecule has 3 N–H and O–H groups in total. The fourth-order valence-electron chi connectivity index (χ4n) is 2.44. The monoisotopic (exact) mass is 343 g/mol. The standard InChI is InChI=1S/C18H33NO5/c1-2-3-4-5-6-7-8-9-10-11-12-13-17(22)24-18(23)15(19)14-16(20)21/h15H,2-14,19H2,1H3,(H,20,21)/t15-/m0/s1. The van der Waals surface area contributed by atoms with Gasteiger partial charge in [-0.2, -0.15) is 0 Å². The molecule has 0 saturated heterocycles. The highest BCUT2D eigenvalue weighted by atomic mass is 16.6. The number of unbranched alkanes of at least 4 members (excludes halogenated alkanes) is 10. The number of carbonyl (C=O) groups is 3. The van der Waals surface area contributed by atoms with Crippen LogP contribution in [-0.4, -0.2) is 29.1 Å². The molecular formula is C18H33NO5. The third-order valence-electron chi connectivity index (χ3n) is 3.90. The van der Waals surface area contributed by atoms with Crippen LogP contribution >= 0.6 is 0 Å². The Morgan fingerprint density at radius 3 is 1.79 bits per heavy atom. The molecule has 0 amide bonds. The largest absolute Gasteiger partial charge is 0.481 e. The lowest BCUT2D eigenvalue weighted by molar-refractivity contribution is -0.162. The molecule has 24 heavy (non-hydrogen) atoms. The molecule has 0 aromatic carbocycles. The quantitative estimate of drug-likeness (QED) is 0.267. The minimum Gasteiger partial charge on any atom is -0.481 e. The van der Waals surface area contributed by atoms with Crippen molar-refractivity contribution in [2.24, 2.45) is 5.73 Å². The highest BCUT2D eigenvalue weighted by molar-refractivity contribution is 5.90. The van der Waals surface area contributed by atoms with Crippen molar-refractivity contribution in [1.29, 1.82) is 0 Å². The van der Waals surface area contributed by atoms with Gasteiger partial charge in [0.1, 0.15) is 6.04 Å². The lowest BCUT2D eigenvalue weighted by atomic mass is 10.1. The Morgan fingerprint density at radius 2 is 1.33 bits per heavy atom. The van der Waals surface area contributed by atoms with Gasteiger partial charge in [-0.05, 0) is 6.42 Å². The second-order valence-corrected chi connectivity index (χ2v) is 6.28. The molecule has 0 saturated carbocycles. The number of nitrogens with two attached hydrogens (primary N) is 1. The van der Waals surface area contributed by atoms with E-state index in [9.17, 15) is 14.4 Å². The smallest absolute Gasteiger partial charge is 0.331 e. The summed E-state index contributed by atoms with van der Waals surface area (Å²) in [4.78, 5) is 33.2. The van der Waals surface area contributed by atoms with Crippen molar-refractivity contribution in [2.75, 3.05) is 0 Å². The van der Waals surface area contributed by atoms with E-state index in [1.165, 1.54) is 51.4 Å². The molecule has 0 spiro atoms. The molecule has 0 bridgehead atoms. The Balaban J connectivity index is 3.46. The van der Waals surface area contributed by atoms with Crippen molar-refractivity contribution in [2.45, 2.75) is 96.4 Å². The van der Waals surface area contributed by atoms with Crippen LogP contribution in [0.2, 0.25) is 0 Å². The summed E-state index contributed by atoms with van der Waals surface area (Å²) in [5.41, 5.74) is 5.32. The van der Waals surface area contributed by atoms with Crippen molar-refractivity contribution in [3.05, 3.63) is 0 Å². The Kier molecular flexibility index (Phi) is 14.2. The Morgan fingerprint density at radius 1 is 0.875 bits per heavy atom. The Hall–Kier alpha value is -1.43. The number of hydrogen-bond donors (Lipinski definition) is 2. The van der Waals surface area contributed by atoms with E-state index < -0.39 is 30.4 Å². The van der Waals surface area contributed by atoms with Crippen LogP contribution in [0.5, 0.6) is 0 Å². The second kappa shape index (κ2) is 15.1. The molecule has 0 radical (unpaired) electrons. The maximum absolute atomic E-state index is 11.5. The first-order valence-electron chi connectivity index (χ1n) is 9.19. The van der Waals surface area contributed by atoms with Crippen molar-refractivity contribution in [1.82, 2.24) is 0 Å². The molecule has 6 heteroatoms. The number of esters is 2. The number of aliphatic carboxylic acids is 1. The van der Waals surface area contributed by atoms with Crippen LogP contribution in [0.1, 0.15) is 90.4 Å². The fourth-order valence-corrected chi connectivity index (χ4v) is 2.44. The van der Waals surface area contributed by atoms with Gasteiger partial charge in [-0.25, -0.2) is 4.79 Å². The maximum Gasteiger partial charge on any atom is 0.331 e. The van der Waals surface area contributed by atoms with Gasteiger partial charge in [-0.15, -0.1) is 0 Å². The van der Waals surface area contributed by atoms with E-state index in [2.05, 4.69) is 11.7 Å². The first-order chi connectivity index (χ1) is 11.5. The minimum absolute atomic E-state index is 0.169. The van der Waals surface area contributed by atoms with Crippen LogP contribution in [0.25, 0.3) is 0 Å². The average Bonchev–Trinajstić information content (AvgIpc) is 2.51. The third kappa shape index (κ3) is 14.2. The van der Waals surface area contributed by atoms with Crippen molar-refractivity contribution >= 4 is 17.9 Å². The van der Waals surface area contributed by atoms with Crippen LogP contribution < -0.4 is 5.73 Å². The van der Waals surface area contributed by atoms with Gasteiger partial charge in [0.25, 0.3) is 0 Å². The summed E-state index contributed by atoms with van der Waals surface area (Å²) in [6.07, 6.45) is 12.6. The van der Waals surface area contributed by atoms with Gasteiger partial charge in [0.2, 0.25) is 0 Å². The molecule has 0 aliphatic heterocycles. The molecule has 0 aromatic heterocycles. The lowest BCUT2D eigenvalue weighted by Crippen LogP contribution is -2.35. The van der Waals surface area contributed by atoms with Gasteiger partial charge < -0.3 is 15.6 Å². The molecule has 0 heterocycles. The first-order valence-corrected chi connectivity index (χ1v) is 9.19. The normalized spacial score (nSPS) is 11.9. The molecule has 0 unspecified atom stereocenters. The number of ether oxygens (including phenoxy) is 1. The first kappa shape index (κ1) is 22.6. The summed E-state index contributed by atoms with van der Waals surface area (Å²) in [6, 6.07) is -1.29. The average molecular weight is 343 g/mol. The zero-order chi connectivity index (χ0) is 18.2. The minimum atomic E-state index is -1.29. The van der Waals surface area contributed by atoms with Crippen molar-refractivity contribution in [3.8, 4) is 0 Å². The highest BCUT2D eigenvalue weighted by Gasteiger charge is 2.21. The topological polar surface area (TPSA) is 107 Å². The molecule has 1 atom stereocenters. The van der Waals surface area contributed by atoms with Crippen molar-refractivity contribution in [3.63, 3.8) is 0 Å². The van der Waals surface area contributed by atoms with Gasteiger partial charge in [0.15, 0.2) is 0 Å². The summed E-state index contributed by atoms with van der Waals surface area (Å²) in [5, 5.41) is 8.51. The zero-order valence-corrected chi connectivity index (χ0v) is 14.9. The van der Waals surface area contributed by atoms with E-state index in [0.29, 0.717) is 6.42 Å². The number of carboxylic acids is 1. The van der Waals surface area contributed by atoms with E-state index in [0.717, 1.165) is 12.8 Å². The van der Waals surface area contributed by atoms with E-state index in [4.69, 9.17) is 10.8 Å². The molecule has 6 nitrogen and oxygen atoms in total. The van der Waals surface area contributed by atoms with Crippen molar-refractivity contribution < 1.29 is 24.2 Å². The summed E-state index contributed by atoms with van der Waals surface area (Å²) in [7, 11) is 0. The fraction of sp³-hybridized carbons (Fsp3) is 0.833. The molecule has 0 aliphatic carbocycles. The zero-order valence-electron chi connectivity index (χ0n) is 14.9. The summed E-state index contributed by atoms with van der Waals surface area (Å²) < 4.78 is 4.54. The Bertz CT molecular complexity index is 370. The maximum atomic E-state index is 11.5. The molecule has 0 aromatic rings. The van der Waals surface area contributed by atoms with Crippen LogP contribution in [0.4, 0.5) is 0 Å². The number of carbonyl (C=O) groups excluding carboxylic acids is 2. The molecule has 0 aliphatic rings. The predicted molar refractivity (Wildman–Crippen MR) is 92.4 cm³/mol. The van der Waals surface area contributed by atoms with Gasteiger partial charge in [-0.3, -0.25) is 9.59 Å². The molecule has 0 fully saturated rings. The second-order valence-electron chi connectivity index (χ2n) is 6.28. The molecule has 0 rings (SSSR count). The summed E-state index contributed by atoms with van der Waals surface area (Å²) >= 11 is 0. The number of hydrogen-bond acceptors (Lipinski definition) is 5. The summed E-state index contributed by atoms with van der Waals surface area (Å²) in [6.45, 7) is 2.22. The van der Waals surface area contributed by atoms with E-state index >= 15 is 0 Å². The van der Waals surface area contributed by atoms with Crippen LogP contribution in [0.15, 0.2) is 0 Å². The predicted octanol–water partition coefficient (Wildman–Crippen LogP) is 3.56. The lowest BCUT2D eigenvalue weighted by Gasteiger charge is -2.07. The molecular weight excluding hydrogens is 310 g/mol. The van der Waals surface area contributed by atoms with Crippen LogP contribution in [-0.2, 0) is 19.1 Å². The van der Waals surface area contributed by atoms with Gasteiger partial charge >= 0.3 is 17.9 Å². The summed E-state index contributed by atoms with van der Waals surface area (Å²) in [5.74, 6) is -2.79. The number of rotatable bonds is 15. The number of carboxylic acid groups (broad SMARTS) is 1. The van der Waals surface area contributed by atoms with Crippen LogP contribution in [0.3, 0.4) is 0 Å². The Labute approximate surface area is 145 Å². The molecule has 140 valence electrons. The van der Waals surface area contributed by atoms with E-state index in [1.807, 2.05) is 0 Å². The van der Waals surface area contributed by atoms with Gasteiger partial charge in [0, 0.05) is 6.42 Å². The third-order valence-corrected chi connectivity index (χ3v) is 3.90. The van der Waals surface area contributed by atoms with Crippen LogP contribution in [0, 0.1) is 0 Å². The SMILES string of the molecule is CCCCCCCCCCCCCC(=O)OC(=O)[C@@H](N)CC(=O)O. The van der Waals surface area contributed by atoms with E-state index in [-0.39, 0.29) is 6.42 Å². The van der Waals surface area contributed by atoms with Gasteiger partial charge in [-0.1, -0.05) is 71.1 Å². The van der Waals surface area contributed by atoms with Gasteiger partial charge in [0.05, 0.1) is 6.42 Å². The van der Waals surface area contributed by atoms with E-state index in [1.54, 1.807) is 0 Å².